The predicted octanol–water partition coefficient (Wildman–Crippen LogP) is 2.56. The van der Waals surface area contributed by atoms with E-state index in [-0.39, 0.29) is 24.2 Å². The predicted molar refractivity (Wildman–Crippen MR) is 82.5 cm³/mol. The number of Topliss-reactive ketones (excluding diaryl/α,β-unsaturated/α-hetero) is 1. The van der Waals surface area contributed by atoms with Crippen molar-refractivity contribution in [1.82, 2.24) is 5.06 Å². The summed E-state index contributed by atoms with van der Waals surface area (Å²) in [7, 11) is 1.61. The first kappa shape index (κ1) is 16.5. The molecular formula is C17H23NO4. The third-order valence-electron chi connectivity index (χ3n) is 3.73. The molecule has 2 rings (SSSR count). The van der Waals surface area contributed by atoms with E-state index in [2.05, 4.69) is 0 Å². The van der Waals surface area contributed by atoms with Crippen molar-refractivity contribution in [2.24, 2.45) is 5.41 Å². The molecule has 1 aliphatic heterocycles. The van der Waals surface area contributed by atoms with E-state index >= 15 is 0 Å². The molecular weight excluding hydrogens is 282 g/mol. The summed E-state index contributed by atoms with van der Waals surface area (Å²) in [6.07, 6.45) is 0.641. The topological polar surface area (TPSA) is 55.8 Å². The second kappa shape index (κ2) is 6.48. The maximum absolute atomic E-state index is 12.3. The van der Waals surface area contributed by atoms with Crippen LogP contribution in [-0.4, -0.2) is 37.0 Å². The molecule has 0 aromatic heterocycles. The number of methoxy groups -OCH3 is 1. The SMILES string of the molecule is COc1ccc(C2CCN(OC(=O)C(C)(C)C)CC2=O)cc1. The van der Waals surface area contributed by atoms with Crippen LogP contribution < -0.4 is 4.74 Å². The van der Waals surface area contributed by atoms with Gasteiger partial charge in [-0.3, -0.25) is 4.79 Å². The quantitative estimate of drug-likeness (QED) is 0.859. The number of hydrogen-bond acceptors (Lipinski definition) is 5. The Kier molecular flexibility index (Phi) is 4.86. The van der Waals surface area contributed by atoms with Gasteiger partial charge >= 0.3 is 5.97 Å². The Hall–Kier alpha value is -1.88. The van der Waals surface area contributed by atoms with Gasteiger partial charge < -0.3 is 9.57 Å². The molecule has 1 aliphatic rings. The molecule has 0 N–H and O–H groups in total. The average Bonchev–Trinajstić information content (AvgIpc) is 2.46. The van der Waals surface area contributed by atoms with Gasteiger partial charge in [-0.1, -0.05) is 12.1 Å². The molecule has 0 bridgehead atoms. The number of ketones is 1. The lowest BCUT2D eigenvalue weighted by Crippen LogP contribution is -2.43. The fourth-order valence-electron chi connectivity index (χ4n) is 2.32. The van der Waals surface area contributed by atoms with Crippen LogP contribution in [0, 0.1) is 5.41 Å². The van der Waals surface area contributed by atoms with Crippen LogP contribution in [0.4, 0.5) is 0 Å². The van der Waals surface area contributed by atoms with Gasteiger partial charge in [0, 0.05) is 12.5 Å². The second-order valence-corrected chi connectivity index (χ2v) is 6.57. The lowest BCUT2D eigenvalue weighted by Gasteiger charge is -2.31. The van der Waals surface area contributed by atoms with E-state index in [0.29, 0.717) is 13.0 Å². The first-order valence-electron chi connectivity index (χ1n) is 7.45. The molecule has 0 spiro atoms. The van der Waals surface area contributed by atoms with Gasteiger partial charge in [0.2, 0.25) is 0 Å². The summed E-state index contributed by atoms with van der Waals surface area (Å²) in [6, 6.07) is 7.54. The van der Waals surface area contributed by atoms with E-state index in [1.54, 1.807) is 27.9 Å². The summed E-state index contributed by atoms with van der Waals surface area (Å²) < 4.78 is 5.13. The highest BCUT2D eigenvalue weighted by molar-refractivity contribution is 5.88. The molecule has 5 heteroatoms. The van der Waals surface area contributed by atoms with Crippen LogP contribution in [0.2, 0.25) is 0 Å². The number of carbonyl (C=O) groups excluding carboxylic acids is 2. The van der Waals surface area contributed by atoms with Crippen molar-refractivity contribution in [2.45, 2.75) is 33.1 Å². The van der Waals surface area contributed by atoms with Gasteiger partial charge in [-0.05, 0) is 44.9 Å². The van der Waals surface area contributed by atoms with Crippen LogP contribution in [0.25, 0.3) is 0 Å². The van der Waals surface area contributed by atoms with Crippen molar-refractivity contribution >= 4 is 11.8 Å². The molecule has 1 aromatic carbocycles. The number of hydrogen-bond donors (Lipinski definition) is 0. The van der Waals surface area contributed by atoms with Crippen molar-refractivity contribution in [2.75, 3.05) is 20.2 Å². The molecule has 1 aromatic rings. The lowest BCUT2D eigenvalue weighted by molar-refractivity contribution is -0.203. The fraction of sp³-hybridized carbons (Fsp3) is 0.529. The van der Waals surface area contributed by atoms with E-state index in [4.69, 9.17) is 9.57 Å². The molecule has 0 amide bonds. The Morgan fingerprint density at radius 2 is 1.86 bits per heavy atom. The zero-order chi connectivity index (χ0) is 16.3. The highest BCUT2D eigenvalue weighted by atomic mass is 16.7. The van der Waals surface area contributed by atoms with Crippen LogP contribution in [0.3, 0.4) is 0 Å². The van der Waals surface area contributed by atoms with Crippen LogP contribution in [0.5, 0.6) is 5.75 Å². The summed E-state index contributed by atoms with van der Waals surface area (Å²) in [6.45, 7) is 6.08. The third-order valence-corrected chi connectivity index (χ3v) is 3.73. The Balaban J connectivity index is 1.98. The van der Waals surface area contributed by atoms with E-state index in [1.807, 2.05) is 24.3 Å². The van der Waals surface area contributed by atoms with E-state index < -0.39 is 5.41 Å². The molecule has 1 atom stereocenters. The van der Waals surface area contributed by atoms with Crippen LogP contribution >= 0.6 is 0 Å². The molecule has 5 nitrogen and oxygen atoms in total. The van der Waals surface area contributed by atoms with Crippen LogP contribution in [0.1, 0.15) is 38.7 Å². The monoisotopic (exact) mass is 305 g/mol. The van der Waals surface area contributed by atoms with Gasteiger partial charge in [-0.2, -0.15) is 0 Å². The number of carbonyl (C=O) groups is 2. The molecule has 0 aliphatic carbocycles. The first-order valence-corrected chi connectivity index (χ1v) is 7.45. The number of nitrogens with zero attached hydrogens (tertiary/aromatic N) is 1. The van der Waals surface area contributed by atoms with Crippen molar-refractivity contribution in [1.29, 1.82) is 0 Å². The van der Waals surface area contributed by atoms with E-state index in [0.717, 1.165) is 11.3 Å². The summed E-state index contributed by atoms with van der Waals surface area (Å²) in [5.41, 5.74) is 0.406. The molecule has 1 heterocycles. The normalized spacial score (nSPS) is 19.8. The minimum atomic E-state index is -0.574. The van der Waals surface area contributed by atoms with E-state index in [9.17, 15) is 9.59 Å². The second-order valence-electron chi connectivity index (χ2n) is 6.57. The Morgan fingerprint density at radius 1 is 1.23 bits per heavy atom. The van der Waals surface area contributed by atoms with Gasteiger partial charge in [-0.15, -0.1) is 5.06 Å². The Labute approximate surface area is 131 Å². The zero-order valence-electron chi connectivity index (χ0n) is 13.6. The van der Waals surface area contributed by atoms with Crippen LogP contribution in [0.15, 0.2) is 24.3 Å². The minimum Gasteiger partial charge on any atom is -0.497 e. The maximum atomic E-state index is 12.3. The molecule has 0 saturated carbocycles. The zero-order valence-corrected chi connectivity index (χ0v) is 13.6. The summed E-state index contributed by atoms with van der Waals surface area (Å²) >= 11 is 0. The lowest BCUT2D eigenvalue weighted by atomic mass is 9.89. The molecule has 22 heavy (non-hydrogen) atoms. The number of ether oxygens (including phenoxy) is 1. The summed E-state index contributed by atoms with van der Waals surface area (Å²) in [5, 5.41) is 1.47. The van der Waals surface area contributed by atoms with Gasteiger partial charge in [-0.25, -0.2) is 4.79 Å². The molecule has 1 unspecified atom stereocenters. The minimum absolute atomic E-state index is 0.0677. The maximum Gasteiger partial charge on any atom is 0.330 e. The van der Waals surface area contributed by atoms with E-state index in [1.165, 1.54) is 5.06 Å². The first-order chi connectivity index (χ1) is 10.3. The van der Waals surface area contributed by atoms with Gasteiger partial charge in [0.05, 0.1) is 19.1 Å². The Morgan fingerprint density at radius 3 is 2.36 bits per heavy atom. The van der Waals surface area contributed by atoms with Crippen molar-refractivity contribution < 1.29 is 19.2 Å². The molecule has 120 valence electrons. The number of hydroxylamine groups is 2. The molecule has 0 radical (unpaired) electrons. The van der Waals surface area contributed by atoms with Crippen molar-refractivity contribution in [3.05, 3.63) is 29.8 Å². The third kappa shape index (κ3) is 3.85. The van der Waals surface area contributed by atoms with Crippen molar-refractivity contribution in [3.63, 3.8) is 0 Å². The number of rotatable bonds is 3. The number of benzene rings is 1. The highest BCUT2D eigenvalue weighted by Crippen LogP contribution is 2.28. The summed E-state index contributed by atoms with van der Waals surface area (Å²) in [4.78, 5) is 29.5. The number of piperidine rings is 1. The average molecular weight is 305 g/mol. The standard InChI is InChI=1S/C17H23NO4/c1-17(2,3)16(20)22-18-10-9-14(15(19)11-18)12-5-7-13(21-4)8-6-12/h5-8,14H,9-11H2,1-4H3. The summed E-state index contributed by atoms with van der Waals surface area (Å²) in [5.74, 6) is 0.379. The van der Waals surface area contributed by atoms with Gasteiger partial charge in [0.1, 0.15) is 5.75 Å². The van der Waals surface area contributed by atoms with Gasteiger partial charge in [0.15, 0.2) is 5.78 Å². The largest absolute Gasteiger partial charge is 0.497 e. The molecule has 1 saturated heterocycles. The Bertz CT molecular complexity index is 545. The molecule has 1 fully saturated rings. The van der Waals surface area contributed by atoms with Gasteiger partial charge in [0.25, 0.3) is 0 Å². The smallest absolute Gasteiger partial charge is 0.330 e. The fourth-order valence-corrected chi connectivity index (χ4v) is 2.32. The van der Waals surface area contributed by atoms with Crippen LogP contribution in [-0.2, 0) is 14.4 Å². The van der Waals surface area contributed by atoms with Crippen molar-refractivity contribution in [3.8, 4) is 5.75 Å². The highest BCUT2D eigenvalue weighted by Gasteiger charge is 2.32.